The number of hydrogen-bond acceptors (Lipinski definition) is 3. The van der Waals surface area contributed by atoms with E-state index in [0.29, 0.717) is 5.75 Å². The fourth-order valence-electron chi connectivity index (χ4n) is 1.41. The SMILES string of the molecule is CC(N)c1cc(Br)ccc1OCCOCC(F)(F)F. The van der Waals surface area contributed by atoms with Crippen LogP contribution in [0.15, 0.2) is 22.7 Å². The monoisotopic (exact) mass is 341 g/mol. The van der Waals surface area contributed by atoms with E-state index in [-0.39, 0.29) is 19.3 Å². The van der Waals surface area contributed by atoms with Crippen molar-refractivity contribution in [3.63, 3.8) is 0 Å². The lowest BCUT2D eigenvalue weighted by Gasteiger charge is -2.15. The van der Waals surface area contributed by atoms with E-state index in [4.69, 9.17) is 10.5 Å². The summed E-state index contributed by atoms with van der Waals surface area (Å²) < 4.78 is 46.2. The first-order chi connectivity index (χ1) is 8.79. The highest BCUT2D eigenvalue weighted by Gasteiger charge is 2.27. The predicted molar refractivity (Wildman–Crippen MR) is 69.1 cm³/mol. The number of ether oxygens (including phenoxy) is 2. The number of hydrogen-bond donors (Lipinski definition) is 1. The van der Waals surface area contributed by atoms with Gasteiger partial charge in [-0.1, -0.05) is 15.9 Å². The molecule has 0 aliphatic heterocycles. The van der Waals surface area contributed by atoms with E-state index in [2.05, 4.69) is 20.7 Å². The quantitative estimate of drug-likeness (QED) is 0.806. The molecule has 0 aliphatic carbocycles. The minimum atomic E-state index is -4.31. The molecule has 0 radical (unpaired) electrons. The molecule has 0 fully saturated rings. The van der Waals surface area contributed by atoms with Crippen LogP contribution in [0, 0.1) is 0 Å². The standard InChI is InChI=1S/C12H15BrF3NO2/c1-8(17)10-6-9(13)2-3-11(10)19-5-4-18-7-12(14,15)16/h2-3,6,8H,4-5,7,17H2,1H3. The van der Waals surface area contributed by atoms with Gasteiger partial charge < -0.3 is 15.2 Å². The summed E-state index contributed by atoms with van der Waals surface area (Å²) >= 11 is 3.32. The Morgan fingerprint density at radius 2 is 2.00 bits per heavy atom. The zero-order valence-corrected chi connectivity index (χ0v) is 11.9. The zero-order valence-electron chi connectivity index (χ0n) is 10.3. The molecule has 19 heavy (non-hydrogen) atoms. The largest absolute Gasteiger partial charge is 0.491 e. The van der Waals surface area contributed by atoms with Crippen LogP contribution in [0.5, 0.6) is 5.75 Å². The van der Waals surface area contributed by atoms with Gasteiger partial charge in [0.2, 0.25) is 0 Å². The molecule has 0 bridgehead atoms. The van der Waals surface area contributed by atoms with Gasteiger partial charge in [0, 0.05) is 16.1 Å². The maximum Gasteiger partial charge on any atom is 0.411 e. The predicted octanol–water partition coefficient (Wildman–Crippen LogP) is 3.43. The lowest BCUT2D eigenvalue weighted by Crippen LogP contribution is -2.19. The van der Waals surface area contributed by atoms with Gasteiger partial charge in [-0.25, -0.2) is 0 Å². The number of nitrogens with two attached hydrogens (primary N) is 1. The van der Waals surface area contributed by atoms with Crippen LogP contribution in [-0.2, 0) is 4.74 Å². The smallest absolute Gasteiger partial charge is 0.411 e. The Morgan fingerprint density at radius 3 is 2.58 bits per heavy atom. The summed E-state index contributed by atoms with van der Waals surface area (Å²) in [7, 11) is 0. The second kappa shape index (κ2) is 7.12. The minimum absolute atomic E-state index is 0.0391. The zero-order chi connectivity index (χ0) is 14.5. The summed E-state index contributed by atoms with van der Waals surface area (Å²) in [6, 6.07) is 5.07. The average Bonchev–Trinajstić information content (AvgIpc) is 2.28. The fraction of sp³-hybridized carbons (Fsp3) is 0.500. The van der Waals surface area contributed by atoms with Gasteiger partial charge >= 0.3 is 6.18 Å². The topological polar surface area (TPSA) is 44.5 Å². The summed E-state index contributed by atoms with van der Waals surface area (Å²) in [5.41, 5.74) is 6.57. The van der Waals surface area contributed by atoms with Crippen molar-refractivity contribution in [2.45, 2.75) is 19.1 Å². The second-order valence-corrected chi connectivity index (χ2v) is 4.90. The van der Waals surface area contributed by atoms with E-state index in [1.54, 1.807) is 19.1 Å². The highest BCUT2D eigenvalue weighted by molar-refractivity contribution is 9.10. The molecule has 0 aromatic heterocycles. The van der Waals surface area contributed by atoms with Crippen LogP contribution in [-0.4, -0.2) is 26.0 Å². The summed E-state index contributed by atoms with van der Waals surface area (Å²) in [6.07, 6.45) is -4.31. The molecule has 1 aromatic rings. The molecule has 1 aromatic carbocycles. The molecule has 0 saturated carbocycles. The van der Waals surface area contributed by atoms with Gasteiger partial charge in [-0.05, 0) is 25.1 Å². The Balaban J connectivity index is 2.45. The normalized spacial score (nSPS) is 13.4. The van der Waals surface area contributed by atoms with Crippen molar-refractivity contribution in [3.05, 3.63) is 28.2 Å². The lowest BCUT2D eigenvalue weighted by atomic mass is 10.1. The molecule has 1 atom stereocenters. The van der Waals surface area contributed by atoms with Crippen molar-refractivity contribution in [3.8, 4) is 5.75 Å². The van der Waals surface area contributed by atoms with Crippen LogP contribution in [0.25, 0.3) is 0 Å². The third-order valence-corrected chi connectivity index (χ3v) is 2.71. The first kappa shape index (κ1) is 16.3. The van der Waals surface area contributed by atoms with E-state index >= 15 is 0 Å². The first-order valence-corrected chi connectivity index (χ1v) is 6.41. The first-order valence-electron chi connectivity index (χ1n) is 5.62. The maximum atomic E-state index is 11.8. The van der Waals surface area contributed by atoms with Crippen molar-refractivity contribution >= 4 is 15.9 Å². The van der Waals surface area contributed by atoms with Crippen LogP contribution in [0.1, 0.15) is 18.5 Å². The van der Waals surface area contributed by atoms with E-state index in [0.717, 1.165) is 10.0 Å². The molecule has 0 aliphatic rings. The molecule has 1 unspecified atom stereocenters. The second-order valence-electron chi connectivity index (χ2n) is 3.99. The average molecular weight is 342 g/mol. The minimum Gasteiger partial charge on any atom is -0.491 e. The van der Waals surface area contributed by atoms with E-state index in [9.17, 15) is 13.2 Å². The molecule has 2 N–H and O–H groups in total. The summed E-state index contributed by atoms with van der Waals surface area (Å²) in [6.45, 7) is 0.441. The molecular formula is C12H15BrF3NO2. The Bertz CT molecular complexity index is 410. The fourth-order valence-corrected chi connectivity index (χ4v) is 1.78. The van der Waals surface area contributed by atoms with Crippen molar-refractivity contribution in [2.75, 3.05) is 19.8 Å². The van der Waals surface area contributed by atoms with Gasteiger partial charge in [-0.3, -0.25) is 0 Å². The van der Waals surface area contributed by atoms with E-state index < -0.39 is 12.8 Å². The van der Waals surface area contributed by atoms with Gasteiger partial charge in [-0.2, -0.15) is 13.2 Å². The van der Waals surface area contributed by atoms with Crippen LogP contribution in [0.2, 0.25) is 0 Å². The summed E-state index contributed by atoms with van der Waals surface area (Å²) in [5.74, 6) is 0.550. The maximum absolute atomic E-state index is 11.8. The van der Waals surface area contributed by atoms with Crippen LogP contribution in [0.3, 0.4) is 0 Å². The number of benzene rings is 1. The lowest BCUT2D eigenvalue weighted by molar-refractivity contribution is -0.175. The van der Waals surface area contributed by atoms with E-state index in [1.165, 1.54) is 0 Å². The molecule has 108 valence electrons. The number of halogens is 4. The van der Waals surface area contributed by atoms with Gasteiger partial charge in [0.05, 0.1) is 6.61 Å². The van der Waals surface area contributed by atoms with Crippen LogP contribution >= 0.6 is 15.9 Å². The third-order valence-electron chi connectivity index (χ3n) is 2.21. The van der Waals surface area contributed by atoms with E-state index in [1.807, 2.05) is 6.07 Å². The molecule has 0 spiro atoms. The van der Waals surface area contributed by atoms with Crippen molar-refractivity contribution in [1.29, 1.82) is 0 Å². The molecule has 0 amide bonds. The van der Waals surface area contributed by atoms with Gasteiger partial charge in [0.15, 0.2) is 0 Å². The van der Waals surface area contributed by atoms with Gasteiger partial charge in [0.25, 0.3) is 0 Å². The molecule has 1 rings (SSSR count). The van der Waals surface area contributed by atoms with Crippen molar-refractivity contribution < 1.29 is 22.6 Å². The highest BCUT2D eigenvalue weighted by Crippen LogP contribution is 2.27. The Morgan fingerprint density at radius 1 is 1.32 bits per heavy atom. The summed E-state index contributed by atoms with van der Waals surface area (Å²) in [4.78, 5) is 0. The third kappa shape index (κ3) is 6.26. The molecule has 0 heterocycles. The number of alkyl halides is 3. The Hall–Kier alpha value is -0.790. The molecule has 0 saturated heterocycles. The van der Waals surface area contributed by atoms with Crippen molar-refractivity contribution in [1.82, 2.24) is 0 Å². The molecule has 3 nitrogen and oxygen atoms in total. The molecular weight excluding hydrogens is 327 g/mol. The van der Waals surface area contributed by atoms with Crippen LogP contribution in [0.4, 0.5) is 13.2 Å². The highest BCUT2D eigenvalue weighted by atomic mass is 79.9. The van der Waals surface area contributed by atoms with Crippen LogP contribution < -0.4 is 10.5 Å². The Labute approximate surface area is 118 Å². The Kier molecular flexibility index (Phi) is 6.09. The van der Waals surface area contributed by atoms with Gasteiger partial charge in [0.1, 0.15) is 19.0 Å². The number of rotatable bonds is 6. The van der Waals surface area contributed by atoms with Gasteiger partial charge in [-0.15, -0.1) is 0 Å². The summed E-state index contributed by atoms with van der Waals surface area (Å²) in [5, 5.41) is 0. The van der Waals surface area contributed by atoms with Crippen molar-refractivity contribution in [2.24, 2.45) is 5.73 Å². The molecule has 7 heteroatoms.